The lowest BCUT2D eigenvalue weighted by molar-refractivity contribution is -0.135. The van der Waals surface area contributed by atoms with Gasteiger partial charge in [0.2, 0.25) is 5.91 Å². The second kappa shape index (κ2) is 28.1. The zero-order chi connectivity index (χ0) is 50.6. The van der Waals surface area contributed by atoms with Crippen LogP contribution in [0.25, 0.3) is 0 Å². The number of imide groups is 1. The lowest BCUT2D eigenvalue weighted by atomic mass is 9.80. The molecule has 2 unspecified atom stereocenters. The quantitative estimate of drug-likeness (QED) is 0.0206. The van der Waals surface area contributed by atoms with Gasteiger partial charge in [-0.3, -0.25) is 19.3 Å². The summed E-state index contributed by atoms with van der Waals surface area (Å²) in [6.45, 7) is 11.6. The number of carbonyl (C=O) groups excluding carboxylic acids is 3. The number of methoxy groups -OCH3 is 2. The van der Waals surface area contributed by atoms with Gasteiger partial charge in [-0.1, -0.05) is 66.7 Å². The number of nitrogens with zero attached hydrogens (tertiary/aromatic N) is 4. The number of amides is 3. The number of benzene rings is 4. The van der Waals surface area contributed by atoms with Gasteiger partial charge in [0.15, 0.2) is 0 Å². The molecule has 0 radical (unpaired) electrons. The molecule has 17 heteroatoms. The van der Waals surface area contributed by atoms with Gasteiger partial charge in [-0.15, -0.1) is 0 Å². The summed E-state index contributed by atoms with van der Waals surface area (Å²) in [6.07, 6.45) is 0.488. The maximum Gasteiger partial charge on any atom is 0.261 e. The molecule has 3 atom stereocenters. The van der Waals surface area contributed by atoms with Crippen molar-refractivity contribution in [2.24, 2.45) is 0 Å². The number of fused-ring (bicyclic) bond motifs is 1. The van der Waals surface area contributed by atoms with Crippen LogP contribution in [-0.4, -0.2) is 150 Å². The number of rotatable bonds is 31. The normalized spacial score (nSPS) is 16.3. The van der Waals surface area contributed by atoms with E-state index in [4.69, 9.17) is 42.2 Å². The van der Waals surface area contributed by atoms with Crippen molar-refractivity contribution in [2.45, 2.75) is 76.8 Å². The fraction of sp³-hybridized carbons (Fsp3) is 0.481. The molecular weight excluding hydrogens is 928 g/mol. The largest absolute Gasteiger partial charge is 0.497 e. The van der Waals surface area contributed by atoms with Crippen molar-refractivity contribution in [3.8, 4) is 17.6 Å². The summed E-state index contributed by atoms with van der Waals surface area (Å²) in [4.78, 5) is 42.4. The second-order valence-electron chi connectivity index (χ2n) is 17.5. The third-order valence-electron chi connectivity index (χ3n) is 12.2. The Hall–Kier alpha value is -5.31. The van der Waals surface area contributed by atoms with E-state index in [1.54, 1.807) is 38.5 Å². The molecule has 0 bridgehead atoms. The Morgan fingerprint density at radius 1 is 0.690 bits per heavy atom. The molecular formula is C54H69N4O12P. The molecule has 2 aliphatic rings. The minimum atomic E-state index is -1.57. The van der Waals surface area contributed by atoms with Crippen LogP contribution in [0, 0.1) is 11.3 Å². The fourth-order valence-electron chi connectivity index (χ4n) is 8.79. The lowest BCUT2D eigenvalue weighted by Crippen LogP contribution is -2.42. The highest BCUT2D eigenvalue weighted by molar-refractivity contribution is 7.44. The minimum Gasteiger partial charge on any atom is -0.497 e. The SMILES string of the molecule is COc1ccc(C(OCC2C[C@@H](OP(OCCC#N)N(C(C)C)C(C)C)CN2C(=O)CCOCCOCCOCCOCCN2C(=O)c3ccccc3C2=O)(c2ccccc2)c2ccc(OC)cc2)cc1. The Morgan fingerprint density at radius 3 is 1.69 bits per heavy atom. The van der Waals surface area contributed by atoms with Crippen molar-refractivity contribution in [2.75, 3.05) is 93.4 Å². The van der Waals surface area contributed by atoms with Crippen LogP contribution in [0.4, 0.5) is 0 Å². The summed E-state index contributed by atoms with van der Waals surface area (Å²) in [5.41, 5.74) is 2.40. The molecule has 4 aromatic carbocycles. The van der Waals surface area contributed by atoms with E-state index in [0.717, 1.165) is 16.7 Å². The van der Waals surface area contributed by atoms with Crippen LogP contribution in [0.2, 0.25) is 0 Å². The van der Waals surface area contributed by atoms with Crippen LogP contribution in [0.3, 0.4) is 0 Å². The molecule has 382 valence electrons. The first kappa shape index (κ1) is 55.0. The first-order valence-electron chi connectivity index (χ1n) is 24.3. The Balaban J connectivity index is 1.05. The molecule has 16 nitrogen and oxygen atoms in total. The van der Waals surface area contributed by atoms with E-state index in [1.807, 2.05) is 83.8 Å². The maximum absolute atomic E-state index is 14.3. The fourth-order valence-corrected chi connectivity index (χ4v) is 10.5. The zero-order valence-corrected chi connectivity index (χ0v) is 42.8. The van der Waals surface area contributed by atoms with Crippen molar-refractivity contribution in [3.63, 3.8) is 0 Å². The van der Waals surface area contributed by atoms with Crippen LogP contribution in [0.1, 0.15) is 84.4 Å². The Bertz CT molecular complexity index is 2220. The van der Waals surface area contributed by atoms with E-state index in [9.17, 15) is 19.6 Å². The summed E-state index contributed by atoms with van der Waals surface area (Å²) in [5, 5.41) is 9.33. The number of hydrogen-bond acceptors (Lipinski definition) is 14. The Labute approximate surface area is 419 Å². The van der Waals surface area contributed by atoms with Crippen LogP contribution in [0.5, 0.6) is 11.5 Å². The molecule has 4 aromatic rings. The van der Waals surface area contributed by atoms with E-state index >= 15 is 0 Å². The molecule has 0 aromatic heterocycles. The average molecular weight is 997 g/mol. The van der Waals surface area contributed by atoms with Crippen LogP contribution in [0.15, 0.2) is 103 Å². The summed E-state index contributed by atoms with van der Waals surface area (Å²) < 4.78 is 56.5. The van der Waals surface area contributed by atoms with Crippen molar-refractivity contribution in [3.05, 3.63) is 131 Å². The third kappa shape index (κ3) is 14.7. The number of ether oxygens (including phenoxy) is 7. The van der Waals surface area contributed by atoms with Gasteiger partial charge >= 0.3 is 0 Å². The molecule has 1 fully saturated rings. The first-order chi connectivity index (χ1) is 34.5. The maximum atomic E-state index is 14.3. The van der Waals surface area contributed by atoms with Gasteiger partial charge in [0.05, 0.1) is 129 Å². The highest BCUT2D eigenvalue weighted by atomic mass is 31.2. The number of likely N-dealkylation sites (tertiary alicyclic amines) is 1. The monoisotopic (exact) mass is 996 g/mol. The van der Waals surface area contributed by atoms with Gasteiger partial charge in [-0.25, -0.2) is 4.67 Å². The molecule has 71 heavy (non-hydrogen) atoms. The molecule has 2 heterocycles. The van der Waals surface area contributed by atoms with Crippen LogP contribution in [-0.2, 0) is 43.1 Å². The number of nitriles is 1. The minimum absolute atomic E-state index is 0.0940. The number of hydrogen-bond donors (Lipinski definition) is 0. The Kier molecular flexibility index (Phi) is 21.7. The van der Waals surface area contributed by atoms with Gasteiger partial charge in [0, 0.05) is 18.6 Å². The molecule has 0 aliphatic carbocycles. The smallest absolute Gasteiger partial charge is 0.261 e. The summed E-state index contributed by atoms with van der Waals surface area (Å²) in [6, 6.07) is 34.6. The summed E-state index contributed by atoms with van der Waals surface area (Å²) >= 11 is 0. The highest BCUT2D eigenvalue weighted by Crippen LogP contribution is 2.49. The van der Waals surface area contributed by atoms with Crippen molar-refractivity contribution in [1.82, 2.24) is 14.5 Å². The molecule has 0 saturated carbocycles. The number of carbonyl (C=O) groups is 3. The third-order valence-corrected chi connectivity index (χ3v) is 14.4. The van der Waals surface area contributed by atoms with E-state index in [1.165, 1.54) is 4.90 Å². The van der Waals surface area contributed by atoms with Crippen LogP contribution < -0.4 is 9.47 Å². The van der Waals surface area contributed by atoms with E-state index < -0.39 is 14.1 Å². The van der Waals surface area contributed by atoms with Gasteiger partial charge < -0.3 is 47.1 Å². The standard InChI is InChI=1S/C54H69N4O12P/c1-40(2)58(41(3)4)71(69-28-12-26-55)70-48-37-45(39-68-54(42-13-8-7-9-14-42,43-17-21-46(62-5)22-18-43)44-19-23-47(63-6)24-20-44)57(38-48)51(59)25-29-64-31-33-66-35-36-67-34-32-65-30-27-56-52(60)49-15-10-11-16-50(49)53(56)61/h7-11,13-24,40-41,45,48H,12,25,27-39H2,1-6H3/t45?,48-,71?/m1/s1. The highest BCUT2D eigenvalue weighted by Gasteiger charge is 2.44. The van der Waals surface area contributed by atoms with Crippen molar-refractivity contribution >= 4 is 26.2 Å². The van der Waals surface area contributed by atoms with Gasteiger partial charge in [0.25, 0.3) is 20.3 Å². The van der Waals surface area contributed by atoms with E-state index in [2.05, 4.69) is 38.4 Å². The van der Waals surface area contributed by atoms with Crippen LogP contribution >= 0.6 is 8.53 Å². The van der Waals surface area contributed by atoms with Gasteiger partial charge in [-0.05, 0) is 87.2 Å². The topological polar surface area (TPSA) is 168 Å². The molecule has 3 amide bonds. The van der Waals surface area contributed by atoms with E-state index in [0.29, 0.717) is 75.2 Å². The van der Waals surface area contributed by atoms with E-state index in [-0.39, 0.29) is 87.8 Å². The molecule has 0 spiro atoms. The second-order valence-corrected chi connectivity index (χ2v) is 18.9. The zero-order valence-electron chi connectivity index (χ0n) is 41.9. The van der Waals surface area contributed by atoms with Crippen molar-refractivity contribution in [1.29, 1.82) is 5.26 Å². The predicted octanol–water partition coefficient (Wildman–Crippen LogP) is 8.03. The Morgan fingerprint density at radius 2 is 1.18 bits per heavy atom. The van der Waals surface area contributed by atoms with Gasteiger partial charge in [0.1, 0.15) is 17.1 Å². The molecule has 1 saturated heterocycles. The summed E-state index contributed by atoms with van der Waals surface area (Å²) in [5.74, 6) is 0.721. The predicted molar refractivity (Wildman–Crippen MR) is 268 cm³/mol. The van der Waals surface area contributed by atoms with Gasteiger partial charge in [-0.2, -0.15) is 5.26 Å². The van der Waals surface area contributed by atoms with Crippen molar-refractivity contribution < 1.29 is 56.6 Å². The summed E-state index contributed by atoms with van der Waals surface area (Å²) in [7, 11) is 1.71. The lowest BCUT2D eigenvalue weighted by Gasteiger charge is -2.38. The first-order valence-corrected chi connectivity index (χ1v) is 25.4. The molecule has 6 rings (SSSR count). The average Bonchev–Trinajstić information content (AvgIpc) is 3.90. The molecule has 0 N–H and O–H groups in total. The molecule has 2 aliphatic heterocycles.